The fraction of sp³-hybridized carbons (Fsp3) is 0.300. The summed E-state index contributed by atoms with van der Waals surface area (Å²) in [6.07, 6.45) is 0. The highest BCUT2D eigenvalue weighted by molar-refractivity contribution is 9.10. The molecule has 16 heavy (non-hydrogen) atoms. The van der Waals surface area contributed by atoms with Crippen LogP contribution in [0.3, 0.4) is 0 Å². The third-order valence-electron chi connectivity index (χ3n) is 1.86. The van der Waals surface area contributed by atoms with Crippen molar-refractivity contribution in [3.05, 3.63) is 28.5 Å². The van der Waals surface area contributed by atoms with E-state index in [1.807, 2.05) is 0 Å². The van der Waals surface area contributed by atoms with Crippen LogP contribution in [0.5, 0.6) is 5.75 Å². The van der Waals surface area contributed by atoms with Crippen LogP contribution in [-0.2, 0) is 4.79 Å². The molecule has 1 aromatic rings. The van der Waals surface area contributed by atoms with Crippen LogP contribution < -0.4 is 4.74 Å². The molecule has 1 rings (SSSR count). The summed E-state index contributed by atoms with van der Waals surface area (Å²) in [6.45, 7) is 0.694. The molecule has 6 heteroatoms. The Hall–Kier alpha value is -1.14. The lowest BCUT2D eigenvalue weighted by atomic mass is 10.1. The molecule has 2 N–H and O–H groups in total. The minimum atomic E-state index is -1.98. The van der Waals surface area contributed by atoms with E-state index in [2.05, 4.69) is 15.9 Å². The maximum absolute atomic E-state index is 12.7. The Kier molecular flexibility index (Phi) is 3.88. The van der Waals surface area contributed by atoms with E-state index in [1.165, 1.54) is 18.2 Å². The van der Waals surface area contributed by atoms with Crippen LogP contribution >= 0.6 is 15.9 Å². The number of aliphatic hydroxyl groups is 1. The summed E-state index contributed by atoms with van der Waals surface area (Å²) in [5.74, 6) is -1.56. The molecular formula is C10H10BrFO4. The average molecular weight is 293 g/mol. The van der Waals surface area contributed by atoms with Crippen molar-refractivity contribution in [2.45, 2.75) is 12.5 Å². The predicted octanol–water partition coefficient (Wildman–Crippen LogP) is 1.80. The van der Waals surface area contributed by atoms with E-state index in [9.17, 15) is 14.3 Å². The Morgan fingerprint density at radius 2 is 2.25 bits per heavy atom. The molecule has 1 aromatic carbocycles. The highest BCUT2D eigenvalue weighted by atomic mass is 79.9. The molecule has 0 spiro atoms. The zero-order chi connectivity index (χ0) is 12.3. The normalized spacial score (nSPS) is 14.2. The van der Waals surface area contributed by atoms with Gasteiger partial charge in [0.2, 0.25) is 0 Å². The van der Waals surface area contributed by atoms with E-state index in [-0.39, 0.29) is 5.75 Å². The minimum Gasteiger partial charge on any atom is -0.489 e. The van der Waals surface area contributed by atoms with Gasteiger partial charge in [-0.25, -0.2) is 9.18 Å². The van der Waals surface area contributed by atoms with Crippen molar-refractivity contribution in [3.63, 3.8) is 0 Å². The van der Waals surface area contributed by atoms with Gasteiger partial charge in [-0.3, -0.25) is 0 Å². The van der Waals surface area contributed by atoms with Gasteiger partial charge in [0.25, 0.3) is 0 Å². The molecule has 0 radical (unpaired) electrons. The number of hydrogen-bond donors (Lipinski definition) is 2. The Morgan fingerprint density at radius 1 is 1.62 bits per heavy atom. The lowest BCUT2D eigenvalue weighted by Crippen LogP contribution is -2.41. The first-order valence-electron chi connectivity index (χ1n) is 4.36. The number of benzene rings is 1. The second kappa shape index (κ2) is 4.80. The predicted molar refractivity (Wildman–Crippen MR) is 57.9 cm³/mol. The summed E-state index contributed by atoms with van der Waals surface area (Å²) in [4.78, 5) is 10.6. The van der Waals surface area contributed by atoms with E-state index in [1.54, 1.807) is 0 Å². The number of rotatable bonds is 4. The second-order valence-corrected chi connectivity index (χ2v) is 4.30. The number of hydrogen-bond acceptors (Lipinski definition) is 3. The number of ether oxygens (including phenoxy) is 1. The van der Waals surface area contributed by atoms with Crippen molar-refractivity contribution in [1.29, 1.82) is 0 Å². The van der Waals surface area contributed by atoms with Gasteiger partial charge in [-0.1, -0.05) is 0 Å². The van der Waals surface area contributed by atoms with Gasteiger partial charge in [-0.05, 0) is 41.1 Å². The molecule has 0 aromatic heterocycles. The van der Waals surface area contributed by atoms with E-state index < -0.39 is 24.0 Å². The SMILES string of the molecule is CC(O)(COc1ccc(F)cc1Br)C(=O)O. The highest BCUT2D eigenvalue weighted by Gasteiger charge is 2.31. The number of halogens is 2. The molecule has 88 valence electrons. The van der Waals surface area contributed by atoms with Crippen LogP contribution in [0.1, 0.15) is 6.92 Å². The zero-order valence-electron chi connectivity index (χ0n) is 8.41. The Balaban J connectivity index is 2.72. The lowest BCUT2D eigenvalue weighted by molar-refractivity contribution is -0.159. The first kappa shape index (κ1) is 12.9. The fourth-order valence-electron chi connectivity index (χ4n) is 0.872. The van der Waals surface area contributed by atoms with Crippen molar-refractivity contribution in [3.8, 4) is 5.75 Å². The maximum Gasteiger partial charge on any atom is 0.339 e. The molecular weight excluding hydrogens is 283 g/mol. The summed E-state index contributed by atoms with van der Waals surface area (Å²) in [5.41, 5.74) is -1.98. The van der Waals surface area contributed by atoms with Crippen LogP contribution in [-0.4, -0.2) is 28.4 Å². The molecule has 1 atom stereocenters. The second-order valence-electron chi connectivity index (χ2n) is 3.44. The van der Waals surface area contributed by atoms with Crippen molar-refractivity contribution < 1.29 is 24.1 Å². The molecule has 0 saturated carbocycles. The van der Waals surface area contributed by atoms with Crippen LogP contribution in [0.2, 0.25) is 0 Å². The first-order valence-corrected chi connectivity index (χ1v) is 5.16. The molecule has 0 saturated heterocycles. The molecule has 0 aliphatic heterocycles. The van der Waals surface area contributed by atoms with E-state index in [0.717, 1.165) is 6.92 Å². The van der Waals surface area contributed by atoms with Crippen molar-refractivity contribution >= 4 is 21.9 Å². The molecule has 0 amide bonds. The fourth-order valence-corrected chi connectivity index (χ4v) is 1.34. The average Bonchev–Trinajstić information content (AvgIpc) is 2.16. The monoisotopic (exact) mass is 292 g/mol. The Labute approximate surface area is 99.8 Å². The molecule has 0 aliphatic carbocycles. The Bertz CT molecular complexity index is 406. The lowest BCUT2D eigenvalue weighted by Gasteiger charge is -2.18. The van der Waals surface area contributed by atoms with Crippen molar-refractivity contribution in [2.75, 3.05) is 6.61 Å². The van der Waals surface area contributed by atoms with E-state index in [0.29, 0.717) is 4.47 Å². The summed E-state index contributed by atoms with van der Waals surface area (Å²) < 4.78 is 18.1. The van der Waals surface area contributed by atoms with Gasteiger partial charge in [-0.2, -0.15) is 0 Å². The highest BCUT2D eigenvalue weighted by Crippen LogP contribution is 2.26. The molecule has 0 aliphatic rings. The maximum atomic E-state index is 12.7. The van der Waals surface area contributed by atoms with Gasteiger partial charge in [0.15, 0.2) is 5.60 Å². The number of carboxylic acids is 1. The smallest absolute Gasteiger partial charge is 0.339 e. The molecule has 0 heterocycles. The molecule has 4 nitrogen and oxygen atoms in total. The largest absolute Gasteiger partial charge is 0.489 e. The third-order valence-corrected chi connectivity index (χ3v) is 2.48. The van der Waals surface area contributed by atoms with Gasteiger partial charge in [0.1, 0.15) is 18.2 Å². The standard InChI is InChI=1S/C10H10BrFO4/c1-10(15,9(13)14)5-16-8-3-2-6(12)4-7(8)11/h2-4,15H,5H2,1H3,(H,13,14). The minimum absolute atomic E-state index is 0.267. The molecule has 0 fully saturated rings. The number of carboxylic acid groups (broad SMARTS) is 1. The summed E-state index contributed by atoms with van der Waals surface area (Å²) in [5, 5.41) is 18.0. The van der Waals surface area contributed by atoms with Crippen molar-refractivity contribution in [1.82, 2.24) is 0 Å². The first-order chi connectivity index (χ1) is 7.33. The van der Waals surface area contributed by atoms with E-state index in [4.69, 9.17) is 9.84 Å². The van der Waals surface area contributed by atoms with Gasteiger partial charge >= 0.3 is 5.97 Å². The third kappa shape index (κ3) is 3.18. The summed E-state index contributed by atoms with van der Waals surface area (Å²) in [6, 6.07) is 3.71. The summed E-state index contributed by atoms with van der Waals surface area (Å²) in [7, 11) is 0. The molecule has 0 bridgehead atoms. The number of aliphatic carboxylic acids is 1. The van der Waals surface area contributed by atoms with E-state index >= 15 is 0 Å². The van der Waals surface area contributed by atoms with Gasteiger partial charge < -0.3 is 14.9 Å². The van der Waals surface area contributed by atoms with Crippen LogP contribution in [0.4, 0.5) is 4.39 Å². The zero-order valence-corrected chi connectivity index (χ0v) is 9.99. The van der Waals surface area contributed by atoms with Crippen LogP contribution in [0.15, 0.2) is 22.7 Å². The van der Waals surface area contributed by atoms with Gasteiger partial charge in [0, 0.05) is 0 Å². The quantitative estimate of drug-likeness (QED) is 0.888. The van der Waals surface area contributed by atoms with Gasteiger partial charge in [-0.15, -0.1) is 0 Å². The van der Waals surface area contributed by atoms with Gasteiger partial charge in [0.05, 0.1) is 4.47 Å². The topological polar surface area (TPSA) is 66.8 Å². The van der Waals surface area contributed by atoms with Crippen LogP contribution in [0.25, 0.3) is 0 Å². The number of carbonyl (C=O) groups is 1. The Morgan fingerprint density at radius 3 is 2.75 bits per heavy atom. The summed E-state index contributed by atoms with van der Waals surface area (Å²) >= 11 is 3.06. The molecule has 1 unspecified atom stereocenters. The van der Waals surface area contributed by atoms with Crippen molar-refractivity contribution in [2.24, 2.45) is 0 Å². The van der Waals surface area contributed by atoms with Crippen LogP contribution in [0, 0.1) is 5.82 Å².